The molecule has 0 aliphatic carbocycles. The van der Waals surface area contributed by atoms with Crippen LogP contribution in [0, 0.1) is 0 Å². The molecule has 0 bridgehead atoms. The van der Waals surface area contributed by atoms with Gasteiger partial charge in [-0.3, -0.25) is 24.0 Å². The molecule has 6 atom stereocenters. The van der Waals surface area contributed by atoms with E-state index in [1.54, 1.807) is 18.2 Å². The summed E-state index contributed by atoms with van der Waals surface area (Å²) >= 11 is 1.56. The van der Waals surface area contributed by atoms with Gasteiger partial charge < -0.3 is 48.7 Å². The van der Waals surface area contributed by atoms with Crippen molar-refractivity contribution in [2.45, 2.75) is 152 Å². The molecule has 4 aliphatic heterocycles. The number of hydrogen-bond acceptors (Lipinski definition) is 16. The van der Waals surface area contributed by atoms with Crippen molar-refractivity contribution in [3.05, 3.63) is 53.6 Å². The Bertz CT molecular complexity index is 2270. The van der Waals surface area contributed by atoms with Gasteiger partial charge in [-0.15, -0.1) is 0 Å². The first-order chi connectivity index (χ1) is 37.6. The molecule has 2 fully saturated rings. The summed E-state index contributed by atoms with van der Waals surface area (Å²) in [5.74, 6) is 2.17. The van der Waals surface area contributed by atoms with Gasteiger partial charge in [0.2, 0.25) is 23.6 Å². The van der Waals surface area contributed by atoms with Crippen molar-refractivity contribution >= 4 is 104 Å². The molecule has 0 radical (unpaired) electrons. The van der Waals surface area contributed by atoms with Crippen LogP contribution in [0.15, 0.2) is 52.4 Å². The van der Waals surface area contributed by atoms with Crippen molar-refractivity contribution in [2.24, 2.45) is 21.5 Å². The fourth-order valence-electron chi connectivity index (χ4n) is 9.80. The SMILES string of the molecule is [CH3][Sn]([CH3])([CH3])[c]1cccc(C(=O)NCCOCCOCCNC(=O)c2cc(NC(=O)CCCCCNC(=O)CCCC[C@@H]3SC[C@@H]4NC(N)=N[C@@H]43)cc(NC(=O)CCCCCNC(=O)CCCC[C@@H]3SC[C@@H]4NC(N)=N[C@@H]43)c2)c1. The van der Waals surface area contributed by atoms with E-state index in [1.165, 1.54) is 3.58 Å². The number of unbranched alkanes of at least 4 members (excludes halogenated alkanes) is 6. The Kier molecular flexibility index (Phi) is 26.5. The Morgan fingerprint density at radius 1 is 0.551 bits per heavy atom. The predicted octanol–water partition coefficient (Wildman–Crippen LogP) is 4.32. The van der Waals surface area contributed by atoms with E-state index in [9.17, 15) is 28.8 Å². The van der Waals surface area contributed by atoms with E-state index in [0.717, 1.165) is 75.7 Å². The summed E-state index contributed by atoms with van der Waals surface area (Å²) in [7, 11) is 0. The molecule has 2 saturated heterocycles. The standard InChI is InChI=1S/C52H77N12O8S2.3CH3.Sn/c53-51-61-39-33-73-41(47(39)63-51)16-8-10-18-43(65)55-22-12-2-6-20-45(67)59-37-30-36(50(70)58-25-27-72-29-28-71-26-24-57-49(69)35-14-4-1-5-15-35)31-38(32-37)60-46(68)21-7-3-13-23-56-44(66)19-11-9-17-42-48-40(34-74-42)62-52(54)64-48;;;;/h1,4,14-15,30-32,39-42,47-48H,2-3,6-13,16-29,33-34H2,(H,55,65)(H,56,66)(H,57,69)(H,58,70)(H,59,67)(H,60,68)(H3,53,61,63)(H3,54,62,64);3*1H3;/t39-,40-,41-,42-,47-,48-;;;;/m0..../s1. The second-order valence-corrected chi connectivity index (χ2v) is 38.6. The second kappa shape index (κ2) is 33.1. The number of nitrogens with one attached hydrogen (secondary N) is 8. The van der Waals surface area contributed by atoms with Crippen LogP contribution in [0.2, 0.25) is 14.8 Å². The molecule has 0 unspecified atom stereocenters. The number of aliphatic imine (C=N–C) groups is 2. The Balaban J connectivity index is 0.855. The summed E-state index contributed by atoms with van der Waals surface area (Å²) < 4.78 is 12.6. The van der Waals surface area contributed by atoms with Gasteiger partial charge in [-0.25, -0.2) is 9.98 Å². The quantitative estimate of drug-likeness (QED) is 0.0336. The number of nitrogens with two attached hydrogens (primary N) is 2. The number of carbonyl (C=O) groups is 6. The average Bonchev–Trinajstić information content (AvgIpc) is 4.23. The number of nitrogens with zero attached hydrogens (tertiary/aromatic N) is 2. The van der Waals surface area contributed by atoms with Gasteiger partial charge in [0.1, 0.15) is 0 Å². The molecule has 0 spiro atoms. The van der Waals surface area contributed by atoms with Crippen LogP contribution in [-0.2, 0) is 28.7 Å². The molecule has 6 rings (SSSR count). The van der Waals surface area contributed by atoms with E-state index in [2.05, 4.69) is 73.4 Å². The summed E-state index contributed by atoms with van der Waals surface area (Å²) in [5.41, 5.74) is 13.3. The van der Waals surface area contributed by atoms with Crippen LogP contribution >= 0.6 is 23.5 Å². The van der Waals surface area contributed by atoms with Crippen molar-refractivity contribution in [3.8, 4) is 0 Å². The molecular formula is C55H86N12O8S2Sn. The van der Waals surface area contributed by atoms with Crippen molar-refractivity contribution < 1.29 is 38.2 Å². The first-order valence-electron chi connectivity index (χ1n) is 28.1. The number of fused-ring (bicyclic) bond motifs is 2. The third kappa shape index (κ3) is 22.0. The van der Waals surface area contributed by atoms with Crippen molar-refractivity contribution in [1.82, 2.24) is 31.9 Å². The third-order valence-electron chi connectivity index (χ3n) is 14.1. The van der Waals surface area contributed by atoms with Gasteiger partial charge in [-0.05, 0) is 69.6 Å². The van der Waals surface area contributed by atoms with Crippen LogP contribution < -0.4 is 57.6 Å². The van der Waals surface area contributed by atoms with Gasteiger partial charge in [-0.2, -0.15) is 23.5 Å². The summed E-state index contributed by atoms with van der Waals surface area (Å²) in [4.78, 5) is 93.3. The maximum absolute atomic E-state index is 13.4. The number of amides is 6. The van der Waals surface area contributed by atoms with Gasteiger partial charge in [0.25, 0.3) is 5.91 Å². The molecule has 2 aromatic carbocycles. The zero-order chi connectivity index (χ0) is 55.7. The number of hydrogen-bond donors (Lipinski definition) is 10. The van der Waals surface area contributed by atoms with Crippen LogP contribution in [0.5, 0.6) is 0 Å². The number of benzene rings is 2. The fraction of sp³-hybridized carbons (Fsp3) is 0.636. The molecule has 0 saturated carbocycles. The minimum absolute atomic E-state index is 0.0359. The number of guanidine groups is 2. The van der Waals surface area contributed by atoms with E-state index < -0.39 is 24.3 Å². The number of thioether (sulfide) groups is 2. The van der Waals surface area contributed by atoms with Gasteiger partial charge in [0.05, 0.1) is 24.2 Å². The topological polar surface area (TPSA) is 294 Å². The van der Waals surface area contributed by atoms with E-state index >= 15 is 0 Å². The number of anilines is 2. The van der Waals surface area contributed by atoms with Crippen LogP contribution in [0.3, 0.4) is 0 Å². The Morgan fingerprint density at radius 2 is 1.01 bits per heavy atom. The van der Waals surface area contributed by atoms with Gasteiger partial charge >= 0.3 is 125 Å². The van der Waals surface area contributed by atoms with E-state index in [-0.39, 0.29) is 73.2 Å². The Morgan fingerprint density at radius 3 is 1.50 bits per heavy atom. The normalized spacial score (nSPS) is 20.1. The average molecular weight is 1230 g/mol. The van der Waals surface area contributed by atoms with Crippen LogP contribution in [0.1, 0.15) is 123 Å². The number of ether oxygens (including phenoxy) is 2. The number of carbonyl (C=O) groups excluding carboxylic acids is 6. The molecule has 23 heteroatoms. The van der Waals surface area contributed by atoms with Crippen molar-refractivity contribution in [1.29, 1.82) is 0 Å². The monoisotopic (exact) mass is 1230 g/mol. The maximum atomic E-state index is 13.4. The number of rotatable bonds is 36. The Labute approximate surface area is 473 Å². The van der Waals surface area contributed by atoms with Crippen LogP contribution in [0.4, 0.5) is 11.4 Å². The van der Waals surface area contributed by atoms with Gasteiger partial charge in [-0.1, -0.05) is 25.7 Å². The molecule has 20 nitrogen and oxygen atoms in total. The molecule has 4 heterocycles. The molecule has 12 N–H and O–H groups in total. The molecular weight excluding hydrogens is 1140 g/mol. The zero-order valence-electron chi connectivity index (χ0n) is 46.0. The van der Waals surface area contributed by atoms with Gasteiger partial charge in [0, 0.05) is 84.3 Å². The molecule has 2 aromatic rings. The van der Waals surface area contributed by atoms with E-state index in [4.69, 9.17) is 20.9 Å². The molecule has 4 aliphatic rings. The first kappa shape index (κ1) is 62.4. The first-order valence-corrected chi connectivity index (χ1v) is 40.2. The third-order valence-corrected chi connectivity index (χ3v) is 22.9. The zero-order valence-corrected chi connectivity index (χ0v) is 50.5. The van der Waals surface area contributed by atoms with Crippen LogP contribution in [-0.4, -0.2) is 165 Å². The summed E-state index contributed by atoms with van der Waals surface area (Å²) in [6, 6.07) is 13.8. The van der Waals surface area contributed by atoms with E-state index in [1.807, 2.05) is 41.7 Å². The summed E-state index contributed by atoms with van der Waals surface area (Å²) in [6.45, 7) is 2.83. The Hall–Kier alpha value is -4.78. The molecule has 430 valence electrons. The van der Waals surface area contributed by atoms with Crippen molar-refractivity contribution in [2.75, 3.05) is 74.7 Å². The second-order valence-electron chi connectivity index (χ2n) is 21.5. The van der Waals surface area contributed by atoms with Crippen LogP contribution in [0.25, 0.3) is 0 Å². The molecule has 6 amide bonds. The van der Waals surface area contributed by atoms with Crippen molar-refractivity contribution in [3.63, 3.8) is 0 Å². The molecule has 0 aromatic heterocycles. The van der Waals surface area contributed by atoms with Gasteiger partial charge in [0.15, 0.2) is 11.9 Å². The fourth-order valence-corrected chi connectivity index (χ4v) is 16.2. The minimum atomic E-state index is -2.30. The van der Waals surface area contributed by atoms with E-state index in [0.29, 0.717) is 117 Å². The summed E-state index contributed by atoms with van der Waals surface area (Å²) in [5, 5.41) is 24.9. The summed E-state index contributed by atoms with van der Waals surface area (Å²) in [6.07, 6.45) is 11.3. The predicted molar refractivity (Wildman–Crippen MR) is 316 cm³/mol. The molecule has 78 heavy (non-hydrogen) atoms.